The van der Waals surface area contributed by atoms with Crippen molar-refractivity contribution in [2.24, 2.45) is 11.8 Å². The summed E-state index contributed by atoms with van der Waals surface area (Å²) in [5, 5.41) is 8.85. The second-order valence-corrected chi connectivity index (χ2v) is 6.44. The molecule has 1 fully saturated rings. The van der Waals surface area contributed by atoms with E-state index in [0.29, 0.717) is 29.9 Å². The fourth-order valence-electron chi connectivity index (χ4n) is 2.60. The summed E-state index contributed by atoms with van der Waals surface area (Å²) in [4.78, 5) is 10.8. The summed E-state index contributed by atoms with van der Waals surface area (Å²) < 4.78 is 44.2. The molecule has 3 rings (SSSR count). The molecular weight excluding hydrogens is 357 g/mol. The predicted molar refractivity (Wildman–Crippen MR) is 86.6 cm³/mol. The number of alkyl halides is 3. The third kappa shape index (κ3) is 4.25. The normalized spacial score (nSPS) is 19.5. The third-order valence-electron chi connectivity index (χ3n) is 4.12. The first-order valence-electron chi connectivity index (χ1n) is 7.58. The van der Waals surface area contributed by atoms with Crippen molar-refractivity contribution >= 4 is 17.6 Å². The van der Waals surface area contributed by atoms with E-state index in [1.807, 2.05) is 0 Å². The van der Waals surface area contributed by atoms with Gasteiger partial charge in [0, 0.05) is 10.9 Å². The maximum atomic E-state index is 12.9. The molecule has 132 valence electrons. The van der Waals surface area contributed by atoms with Gasteiger partial charge in [-0.2, -0.15) is 13.2 Å². The number of hydrogen-bond donors (Lipinski definition) is 1. The lowest BCUT2D eigenvalue weighted by Crippen LogP contribution is -2.06. The number of rotatable bonds is 5. The average Bonchev–Trinajstić information content (AvgIpc) is 3.32. The minimum Gasteiger partial charge on any atom is -0.493 e. The molecule has 2 aromatic rings. The first-order valence-corrected chi connectivity index (χ1v) is 7.95. The summed E-state index contributed by atoms with van der Waals surface area (Å²) in [5.74, 6) is -0.603. The van der Waals surface area contributed by atoms with Gasteiger partial charge in [0.15, 0.2) is 0 Å². The third-order valence-corrected chi connectivity index (χ3v) is 4.33. The van der Waals surface area contributed by atoms with E-state index in [9.17, 15) is 18.0 Å². The molecule has 0 radical (unpaired) electrons. The Morgan fingerprint density at radius 2 is 1.84 bits per heavy atom. The van der Waals surface area contributed by atoms with E-state index < -0.39 is 17.7 Å². The van der Waals surface area contributed by atoms with Gasteiger partial charge in [0.05, 0.1) is 18.1 Å². The van der Waals surface area contributed by atoms with Gasteiger partial charge in [-0.3, -0.25) is 4.79 Å². The lowest BCUT2D eigenvalue weighted by molar-refractivity contribution is -0.139. The second-order valence-electron chi connectivity index (χ2n) is 6.00. The Bertz CT molecular complexity index is 787. The van der Waals surface area contributed by atoms with Crippen molar-refractivity contribution in [3.05, 3.63) is 53.1 Å². The van der Waals surface area contributed by atoms with Crippen molar-refractivity contribution in [3.8, 4) is 16.9 Å². The molecule has 0 amide bonds. The number of carboxylic acids is 1. The van der Waals surface area contributed by atoms with Crippen molar-refractivity contribution in [2.45, 2.75) is 12.6 Å². The number of aliphatic carboxylic acids is 1. The van der Waals surface area contributed by atoms with E-state index in [-0.39, 0.29) is 16.9 Å². The summed E-state index contributed by atoms with van der Waals surface area (Å²) in [6.45, 7) is 0.311. The fourth-order valence-corrected chi connectivity index (χ4v) is 2.84. The Labute approximate surface area is 147 Å². The molecule has 0 saturated heterocycles. The monoisotopic (exact) mass is 370 g/mol. The van der Waals surface area contributed by atoms with E-state index in [4.69, 9.17) is 21.4 Å². The van der Waals surface area contributed by atoms with Crippen LogP contribution in [0.25, 0.3) is 11.1 Å². The lowest BCUT2D eigenvalue weighted by Gasteiger charge is -2.11. The minimum absolute atomic E-state index is 0.0126. The van der Waals surface area contributed by atoms with Crippen LogP contribution < -0.4 is 4.74 Å². The number of carbonyl (C=O) groups is 1. The van der Waals surface area contributed by atoms with Gasteiger partial charge in [0.1, 0.15) is 5.75 Å². The Morgan fingerprint density at radius 3 is 2.40 bits per heavy atom. The van der Waals surface area contributed by atoms with E-state index in [2.05, 4.69) is 0 Å². The van der Waals surface area contributed by atoms with Crippen molar-refractivity contribution in [2.75, 3.05) is 6.61 Å². The number of hydrogen-bond acceptors (Lipinski definition) is 2. The van der Waals surface area contributed by atoms with Gasteiger partial charge in [-0.15, -0.1) is 0 Å². The number of halogens is 4. The van der Waals surface area contributed by atoms with Crippen LogP contribution in [-0.2, 0) is 11.0 Å². The molecule has 3 nitrogen and oxygen atoms in total. The maximum Gasteiger partial charge on any atom is 0.416 e. The molecule has 0 spiro atoms. The summed E-state index contributed by atoms with van der Waals surface area (Å²) in [5.41, 5.74) is 0.137. The van der Waals surface area contributed by atoms with E-state index in [0.717, 1.165) is 12.1 Å². The van der Waals surface area contributed by atoms with Crippen LogP contribution in [0.5, 0.6) is 5.75 Å². The van der Waals surface area contributed by atoms with Crippen molar-refractivity contribution in [3.63, 3.8) is 0 Å². The molecule has 2 aromatic carbocycles. The van der Waals surface area contributed by atoms with E-state index in [1.54, 1.807) is 24.3 Å². The fraction of sp³-hybridized carbons (Fsp3) is 0.278. The Balaban J connectivity index is 1.70. The molecule has 7 heteroatoms. The average molecular weight is 371 g/mol. The zero-order valence-electron chi connectivity index (χ0n) is 12.9. The van der Waals surface area contributed by atoms with E-state index >= 15 is 0 Å². The van der Waals surface area contributed by atoms with Gasteiger partial charge < -0.3 is 9.84 Å². The lowest BCUT2D eigenvalue weighted by atomic mass is 10.0. The molecule has 25 heavy (non-hydrogen) atoms. The second kappa shape index (κ2) is 6.59. The van der Waals surface area contributed by atoms with Gasteiger partial charge in [-0.05, 0) is 47.9 Å². The van der Waals surface area contributed by atoms with Crippen molar-refractivity contribution in [1.82, 2.24) is 0 Å². The topological polar surface area (TPSA) is 46.5 Å². The molecule has 0 aromatic heterocycles. The molecule has 2 atom stereocenters. The van der Waals surface area contributed by atoms with Crippen molar-refractivity contribution < 1.29 is 27.8 Å². The molecule has 1 aliphatic rings. The first kappa shape index (κ1) is 17.6. The highest BCUT2D eigenvalue weighted by Crippen LogP contribution is 2.39. The van der Waals surface area contributed by atoms with Crippen LogP contribution in [-0.4, -0.2) is 17.7 Å². The molecule has 0 bridgehead atoms. The van der Waals surface area contributed by atoms with Gasteiger partial charge in [-0.1, -0.05) is 23.7 Å². The van der Waals surface area contributed by atoms with E-state index in [1.165, 1.54) is 6.07 Å². The standard InChI is InChI=1S/C18H14ClF3O3/c19-14-6-11(5-13(8-14)18(20,21)22)10-1-3-15(4-2-10)25-9-12-7-16(12)17(23)24/h1-6,8,12,16H,7,9H2,(H,23,24). The van der Waals surface area contributed by atoms with Crippen LogP contribution in [0, 0.1) is 11.8 Å². The Kier molecular flexibility index (Phi) is 4.64. The molecule has 1 N–H and O–H groups in total. The number of carboxylic acid groups (broad SMARTS) is 1. The summed E-state index contributed by atoms with van der Waals surface area (Å²) in [6.07, 6.45) is -3.86. The zero-order chi connectivity index (χ0) is 18.2. The summed E-state index contributed by atoms with van der Waals surface area (Å²) in [7, 11) is 0. The number of benzene rings is 2. The van der Waals surface area contributed by atoms with Gasteiger partial charge >= 0.3 is 12.1 Å². The molecule has 1 saturated carbocycles. The van der Waals surface area contributed by atoms with Gasteiger partial charge in [0.2, 0.25) is 0 Å². The van der Waals surface area contributed by atoms with Crippen LogP contribution in [0.1, 0.15) is 12.0 Å². The molecular formula is C18H14ClF3O3. The van der Waals surface area contributed by atoms with Gasteiger partial charge in [-0.25, -0.2) is 0 Å². The highest BCUT2D eigenvalue weighted by molar-refractivity contribution is 6.31. The molecule has 0 heterocycles. The highest BCUT2D eigenvalue weighted by Gasteiger charge is 2.43. The van der Waals surface area contributed by atoms with Crippen LogP contribution in [0.2, 0.25) is 5.02 Å². The van der Waals surface area contributed by atoms with Crippen molar-refractivity contribution in [1.29, 1.82) is 0 Å². The summed E-state index contributed by atoms with van der Waals surface area (Å²) >= 11 is 5.80. The quantitative estimate of drug-likeness (QED) is 0.794. The summed E-state index contributed by atoms with van der Waals surface area (Å²) in [6, 6.07) is 9.96. The maximum absolute atomic E-state index is 12.9. The largest absolute Gasteiger partial charge is 0.493 e. The van der Waals surface area contributed by atoms with Crippen LogP contribution in [0.15, 0.2) is 42.5 Å². The molecule has 2 unspecified atom stereocenters. The minimum atomic E-state index is -4.46. The molecule has 1 aliphatic carbocycles. The zero-order valence-corrected chi connectivity index (χ0v) is 13.6. The van der Waals surface area contributed by atoms with Crippen LogP contribution >= 0.6 is 11.6 Å². The SMILES string of the molecule is O=C(O)C1CC1COc1ccc(-c2cc(Cl)cc(C(F)(F)F)c2)cc1. The Hall–Kier alpha value is -2.21. The molecule has 0 aliphatic heterocycles. The smallest absolute Gasteiger partial charge is 0.416 e. The first-order chi connectivity index (χ1) is 11.7. The number of ether oxygens (including phenoxy) is 1. The predicted octanol–water partition coefficient (Wildman–Crippen LogP) is 5.13. The van der Waals surface area contributed by atoms with Crippen LogP contribution in [0.4, 0.5) is 13.2 Å². The highest BCUT2D eigenvalue weighted by atomic mass is 35.5. The van der Waals surface area contributed by atoms with Gasteiger partial charge in [0.25, 0.3) is 0 Å². The Morgan fingerprint density at radius 1 is 1.16 bits per heavy atom. The van der Waals surface area contributed by atoms with Crippen LogP contribution in [0.3, 0.4) is 0 Å².